The predicted molar refractivity (Wildman–Crippen MR) is 97.1 cm³/mol. The fourth-order valence-electron chi connectivity index (χ4n) is 2.26. The summed E-state index contributed by atoms with van der Waals surface area (Å²) in [6, 6.07) is 14.4. The van der Waals surface area contributed by atoms with Crippen molar-refractivity contribution in [1.82, 2.24) is 0 Å². The predicted octanol–water partition coefficient (Wildman–Crippen LogP) is 4.00. The molecule has 0 atom stereocenters. The zero-order valence-electron chi connectivity index (χ0n) is 14.7. The van der Waals surface area contributed by atoms with Crippen LogP contribution >= 0.6 is 0 Å². The number of benzene rings is 2. The van der Waals surface area contributed by atoms with Gasteiger partial charge >= 0.3 is 5.97 Å². The Morgan fingerprint density at radius 3 is 2.36 bits per heavy atom. The van der Waals surface area contributed by atoms with Crippen molar-refractivity contribution in [3.63, 3.8) is 0 Å². The molecule has 0 spiro atoms. The summed E-state index contributed by atoms with van der Waals surface area (Å²) in [6.45, 7) is 6.10. The van der Waals surface area contributed by atoms with Gasteiger partial charge in [0, 0.05) is 0 Å². The molecule has 0 heterocycles. The SMILES string of the molecule is CCOC(=O)c1ccccc1NC(=O)COc1ccc(C(C)C)cc1. The van der Waals surface area contributed by atoms with Crippen LogP contribution in [-0.2, 0) is 9.53 Å². The van der Waals surface area contributed by atoms with E-state index in [1.54, 1.807) is 31.2 Å². The molecule has 0 radical (unpaired) electrons. The Balaban J connectivity index is 1.95. The third kappa shape index (κ3) is 5.35. The number of para-hydroxylation sites is 1. The van der Waals surface area contributed by atoms with E-state index in [4.69, 9.17) is 9.47 Å². The van der Waals surface area contributed by atoms with Crippen LogP contribution in [0.25, 0.3) is 0 Å². The quantitative estimate of drug-likeness (QED) is 0.773. The van der Waals surface area contributed by atoms with Crippen molar-refractivity contribution in [1.29, 1.82) is 0 Å². The van der Waals surface area contributed by atoms with E-state index in [1.165, 1.54) is 5.56 Å². The van der Waals surface area contributed by atoms with Gasteiger partial charge < -0.3 is 14.8 Å². The number of anilines is 1. The molecule has 0 aromatic heterocycles. The van der Waals surface area contributed by atoms with Crippen LogP contribution in [-0.4, -0.2) is 25.1 Å². The fourth-order valence-corrected chi connectivity index (χ4v) is 2.26. The van der Waals surface area contributed by atoms with Crippen LogP contribution in [0.3, 0.4) is 0 Å². The maximum absolute atomic E-state index is 12.1. The van der Waals surface area contributed by atoms with Crippen LogP contribution in [0.4, 0.5) is 5.69 Å². The van der Waals surface area contributed by atoms with E-state index in [9.17, 15) is 9.59 Å². The summed E-state index contributed by atoms with van der Waals surface area (Å²) < 4.78 is 10.5. The summed E-state index contributed by atoms with van der Waals surface area (Å²) >= 11 is 0. The second-order valence-corrected chi connectivity index (χ2v) is 5.83. The zero-order chi connectivity index (χ0) is 18.2. The molecule has 2 aromatic rings. The molecule has 0 aliphatic rings. The number of carbonyl (C=O) groups excluding carboxylic acids is 2. The van der Waals surface area contributed by atoms with Gasteiger partial charge in [0.25, 0.3) is 5.91 Å². The molecule has 1 N–H and O–H groups in total. The lowest BCUT2D eigenvalue weighted by Gasteiger charge is -2.11. The molecule has 0 saturated heterocycles. The molecule has 25 heavy (non-hydrogen) atoms. The molecule has 2 rings (SSSR count). The van der Waals surface area contributed by atoms with E-state index in [-0.39, 0.29) is 19.1 Å². The molecule has 5 heteroatoms. The normalized spacial score (nSPS) is 10.4. The summed E-state index contributed by atoms with van der Waals surface area (Å²) in [6.07, 6.45) is 0. The first-order valence-electron chi connectivity index (χ1n) is 8.30. The summed E-state index contributed by atoms with van der Waals surface area (Å²) in [5.41, 5.74) is 1.93. The van der Waals surface area contributed by atoms with E-state index < -0.39 is 5.97 Å². The standard InChI is InChI=1S/C20H23NO4/c1-4-24-20(23)17-7-5-6-8-18(17)21-19(22)13-25-16-11-9-15(10-12-16)14(2)3/h5-12,14H,4,13H2,1-3H3,(H,21,22). The number of ether oxygens (including phenoxy) is 2. The first kappa shape index (κ1) is 18.5. The summed E-state index contributed by atoms with van der Waals surface area (Å²) in [5.74, 6) is 0.253. The highest BCUT2D eigenvalue weighted by Crippen LogP contribution is 2.19. The molecule has 0 aliphatic carbocycles. The van der Waals surface area contributed by atoms with Crippen LogP contribution in [0.2, 0.25) is 0 Å². The van der Waals surface area contributed by atoms with E-state index in [0.29, 0.717) is 22.9 Å². The average molecular weight is 341 g/mol. The molecule has 0 bridgehead atoms. The number of carbonyl (C=O) groups is 2. The highest BCUT2D eigenvalue weighted by molar-refractivity contribution is 6.01. The van der Waals surface area contributed by atoms with Crippen molar-refractivity contribution in [3.05, 3.63) is 59.7 Å². The van der Waals surface area contributed by atoms with Gasteiger partial charge in [-0.05, 0) is 42.7 Å². The van der Waals surface area contributed by atoms with Crippen LogP contribution in [0, 0.1) is 0 Å². The monoisotopic (exact) mass is 341 g/mol. The van der Waals surface area contributed by atoms with Gasteiger partial charge in [0.1, 0.15) is 5.75 Å². The van der Waals surface area contributed by atoms with Gasteiger partial charge in [-0.25, -0.2) is 4.79 Å². The lowest BCUT2D eigenvalue weighted by Crippen LogP contribution is -2.22. The summed E-state index contributed by atoms with van der Waals surface area (Å²) in [5, 5.41) is 2.68. The Kier molecular flexibility index (Phi) is 6.57. The van der Waals surface area contributed by atoms with Crippen molar-refractivity contribution in [2.24, 2.45) is 0 Å². The minimum atomic E-state index is -0.469. The number of amides is 1. The Morgan fingerprint density at radius 2 is 1.72 bits per heavy atom. The van der Waals surface area contributed by atoms with Gasteiger partial charge in [-0.15, -0.1) is 0 Å². The largest absolute Gasteiger partial charge is 0.484 e. The van der Waals surface area contributed by atoms with E-state index >= 15 is 0 Å². The first-order valence-corrected chi connectivity index (χ1v) is 8.30. The topological polar surface area (TPSA) is 64.6 Å². The van der Waals surface area contributed by atoms with Crippen molar-refractivity contribution in [3.8, 4) is 5.75 Å². The second-order valence-electron chi connectivity index (χ2n) is 5.83. The van der Waals surface area contributed by atoms with Crippen LogP contribution in [0.15, 0.2) is 48.5 Å². The summed E-state index contributed by atoms with van der Waals surface area (Å²) in [4.78, 5) is 24.0. The van der Waals surface area contributed by atoms with E-state index in [1.807, 2.05) is 24.3 Å². The Bertz CT molecular complexity index is 723. The van der Waals surface area contributed by atoms with Crippen molar-refractivity contribution < 1.29 is 19.1 Å². The van der Waals surface area contributed by atoms with Gasteiger partial charge in [-0.1, -0.05) is 38.1 Å². The molecular formula is C20H23NO4. The number of rotatable bonds is 7. The number of esters is 1. The van der Waals surface area contributed by atoms with Crippen molar-refractivity contribution in [2.75, 3.05) is 18.5 Å². The van der Waals surface area contributed by atoms with Crippen LogP contribution in [0.5, 0.6) is 5.75 Å². The van der Waals surface area contributed by atoms with Crippen LogP contribution < -0.4 is 10.1 Å². The molecule has 0 unspecified atom stereocenters. The highest BCUT2D eigenvalue weighted by atomic mass is 16.5. The zero-order valence-corrected chi connectivity index (χ0v) is 14.7. The van der Waals surface area contributed by atoms with E-state index in [2.05, 4.69) is 19.2 Å². The van der Waals surface area contributed by atoms with Gasteiger partial charge in [0.05, 0.1) is 17.9 Å². The maximum atomic E-state index is 12.1. The number of nitrogens with one attached hydrogen (secondary N) is 1. The molecular weight excluding hydrogens is 318 g/mol. The number of hydrogen-bond acceptors (Lipinski definition) is 4. The molecule has 132 valence electrons. The molecule has 1 amide bonds. The first-order chi connectivity index (χ1) is 12.0. The average Bonchev–Trinajstić information content (AvgIpc) is 2.61. The third-order valence-electron chi connectivity index (χ3n) is 3.61. The lowest BCUT2D eigenvalue weighted by molar-refractivity contribution is -0.118. The molecule has 5 nitrogen and oxygen atoms in total. The minimum absolute atomic E-state index is 0.141. The molecule has 0 fully saturated rings. The third-order valence-corrected chi connectivity index (χ3v) is 3.61. The fraction of sp³-hybridized carbons (Fsp3) is 0.300. The minimum Gasteiger partial charge on any atom is -0.484 e. The van der Waals surface area contributed by atoms with Crippen molar-refractivity contribution in [2.45, 2.75) is 26.7 Å². The lowest BCUT2D eigenvalue weighted by atomic mass is 10.0. The Morgan fingerprint density at radius 1 is 1.04 bits per heavy atom. The van der Waals surface area contributed by atoms with Gasteiger partial charge in [-0.2, -0.15) is 0 Å². The van der Waals surface area contributed by atoms with E-state index in [0.717, 1.165) is 0 Å². The van der Waals surface area contributed by atoms with Crippen LogP contribution in [0.1, 0.15) is 42.6 Å². The maximum Gasteiger partial charge on any atom is 0.340 e. The van der Waals surface area contributed by atoms with Gasteiger partial charge in [0.2, 0.25) is 0 Å². The molecule has 0 aliphatic heterocycles. The number of hydrogen-bond donors (Lipinski definition) is 1. The van der Waals surface area contributed by atoms with Crippen molar-refractivity contribution >= 4 is 17.6 Å². The molecule has 0 saturated carbocycles. The van der Waals surface area contributed by atoms with Gasteiger partial charge in [-0.3, -0.25) is 4.79 Å². The Labute approximate surface area is 148 Å². The Hall–Kier alpha value is -2.82. The van der Waals surface area contributed by atoms with Gasteiger partial charge in [0.15, 0.2) is 6.61 Å². The smallest absolute Gasteiger partial charge is 0.340 e. The molecule has 2 aromatic carbocycles. The highest BCUT2D eigenvalue weighted by Gasteiger charge is 2.14. The summed E-state index contributed by atoms with van der Waals surface area (Å²) in [7, 11) is 0. The second kappa shape index (κ2) is 8.87.